The molecule has 0 radical (unpaired) electrons. The van der Waals surface area contributed by atoms with Crippen molar-refractivity contribution in [3.63, 3.8) is 0 Å². The van der Waals surface area contributed by atoms with E-state index in [-0.39, 0.29) is 12.3 Å². The van der Waals surface area contributed by atoms with Gasteiger partial charge in [0.25, 0.3) is 0 Å². The molecule has 0 spiro atoms. The van der Waals surface area contributed by atoms with Crippen molar-refractivity contribution in [2.45, 2.75) is 0 Å². The van der Waals surface area contributed by atoms with Gasteiger partial charge in [0.05, 0.1) is 6.54 Å². The second-order valence-corrected chi connectivity index (χ2v) is 4.67. The number of hydrogen-bond acceptors (Lipinski definition) is 2. The quantitative estimate of drug-likeness (QED) is 0.846. The molecule has 0 bridgehead atoms. The predicted molar refractivity (Wildman–Crippen MR) is 75.7 cm³/mol. The Labute approximate surface area is 116 Å². The fourth-order valence-corrected chi connectivity index (χ4v) is 1.83. The smallest absolute Gasteiger partial charge is 0.181 e. The Kier molecular flexibility index (Phi) is 4.24. The number of anilines is 1. The molecule has 0 amide bonds. The van der Waals surface area contributed by atoms with E-state index in [1.165, 1.54) is 0 Å². The van der Waals surface area contributed by atoms with Crippen LogP contribution in [-0.2, 0) is 0 Å². The van der Waals surface area contributed by atoms with Crippen molar-refractivity contribution in [1.82, 2.24) is 0 Å². The van der Waals surface area contributed by atoms with E-state index in [0.29, 0.717) is 15.6 Å². The number of carbonyl (C=O) groups excluding carboxylic acids is 1. The van der Waals surface area contributed by atoms with Crippen LogP contribution in [0, 0.1) is 0 Å². The monoisotopic (exact) mass is 279 g/mol. The van der Waals surface area contributed by atoms with Gasteiger partial charge in [0, 0.05) is 21.3 Å². The molecule has 0 aliphatic heterocycles. The first-order chi connectivity index (χ1) is 8.65. The van der Waals surface area contributed by atoms with Crippen LogP contribution in [0.3, 0.4) is 0 Å². The van der Waals surface area contributed by atoms with Crippen LogP contribution in [0.1, 0.15) is 10.4 Å². The lowest BCUT2D eigenvalue weighted by atomic mass is 10.1. The Morgan fingerprint density at radius 2 is 1.72 bits per heavy atom. The zero-order chi connectivity index (χ0) is 13.0. The van der Waals surface area contributed by atoms with E-state index in [2.05, 4.69) is 5.32 Å². The lowest BCUT2D eigenvalue weighted by Crippen LogP contribution is -2.13. The summed E-state index contributed by atoms with van der Waals surface area (Å²) >= 11 is 11.6. The Bertz CT molecular complexity index is 552. The summed E-state index contributed by atoms with van der Waals surface area (Å²) in [6, 6.07) is 14.1. The molecule has 0 saturated heterocycles. The molecule has 0 heterocycles. The highest BCUT2D eigenvalue weighted by atomic mass is 35.5. The maximum absolute atomic E-state index is 11.9. The average molecular weight is 280 g/mol. The van der Waals surface area contributed by atoms with E-state index >= 15 is 0 Å². The first kappa shape index (κ1) is 12.9. The largest absolute Gasteiger partial charge is 0.378 e. The van der Waals surface area contributed by atoms with Gasteiger partial charge in [0.2, 0.25) is 0 Å². The Hall–Kier alpha value is -1.51. The highest BCUT2D eigenvalue weighted by molar-refractivity contribution is 6.31. The van der Waals surface area contributed by atoms with Crippen molar-refractivity contribution in [3.8, 4) is 0 Å². The molecule has 2 rings (SSSR count). The minimum atomic E-state index is -0.00699. The molecular weight excluding hydrogens is 269 g/mol. The van der Waals surface area contributed by atoms with Crippen molar-refractivity contribution in [2.75, 3.05) is 11.9 Å². The van der Waals surface area contributed by atoms with Gasteiger partial charge in [-0.25, -0.2) is 0 Å². The van der Waals surface area contributed by atoms with Crippen LogP contribution in [-0.4, -0.2) is 12.3 Å². The summed E-state index contributed by atoms with van der Waals surface area (Å²) in [5, 5.41) is 4.27. The molecule has 0 atom stereocenters. The summed E-state index contributed by atoms with van der Waals surface area (Å²) in [5.74, 6) is -0.00699. The summed E-state index contributed by atoms with van der Waals surface area (Å²) in [4.78, 5) is 11.9. The third kappa shape index (κ3) is 3.49. The van der Waals surface area contributed by atoms with E-state index in [9.17, 15) is 4.79 Å². The number of nitrogens with one attached hydrogen (secondary N) is 1. The third-order valence-corrected chi connectivity index (χ3v) is 2.93. The van der Waals surface area contributed by atoms with Crippen LogP contribution in [0.5, 0.6) is 0 Å². The first-order valence-electron chi connectivity index (χ1n) is 5.43. The van der Waals surface area contributed by atoms with Crippen molar-refractivity contribution < 1.29 is 4.79 Å². The van der Waals surface area contributed by atoms with Crippen molar-refractivity contribution in [1.29, 1.82) is 0 Å². The number of ketones is 1. The molecule has 2 aromatic carbocycles. The minimum Gasteiger partial charge on any atom is -0.378 e. The van der Waals surface area contributed by atoms with E-state index in [4.69, 9.17) is 23.2 Å². The summed E-state index contributed by atoms with van der Waals surface area (Å²) < 4.78 is 0. The van der Waals surface area contributed by atoms with Gasteiger partial charge >= 0.3 is 0 Å². The van der Waals surface area contributed by atoms with Gasteiger partial charge in [0.1, 0.15) is 0 Å². The Balaban J connectivity index is 1.98. The maximum atomic E-state index is 11.9. The second kappa shape index (κ2) is 5.89. The van der Waals surface area contributed by atoms with Gasteiger partial charge in [-0.2, -0.15) is 0 Å². The molecule has 0 aliphatic carbocycles. The molecule has 2 aromatic rings. The molecule has 0 aromatic heterocycles. The average Bonchev–Trinajstić information content (AvgIpc) is 2.38. The van der Waals surface area contributed by atoms with Crippen molar-refractivity contribution >= 4 is 34.7 Å². The molecule has 1 N–H and O–H groups in total. The van der Waals surface area contributed by atoms with Crippen LogP contribution < -0.4 is 5.32 Å². The summed E-state index contributed by atoms with van der Waals surface area (Å²) in [7, 11) is 0. The molecule has 2 nitrogen and oxygen atoms in total. The molecule has 0 unspecified atom stereocenters. The van der Waals surface area contributed by atoms with E-state index < -0.39 is 0 Å². The molecule has 0 aliphatic rings. The zero-order valence-corrected chi connectivity index (χ0v) is 11.0. The third-order valence-electron chi connectivity index (χ3n) is 2.44. The van der Waals surface area contributed by atoms with Crippen LogP contribution in [0.4, 0.5) is 5.69 Å². The highest BCUT2D eigenvalue weighted by Crippen LogP contribution is 2.14. The summed E-state index contributed by atoms with van der Waals surface area (Å²) in [6.45, 7) is 0.224. The second-order valence-electron chi connectivity index (χ2n) is 3.79. The lowest BCUT2D eigenvalue weighted by Gasteiger charge is -2.06. The van der Waals surface area contributed by atoms with Crippen LogP contribution in [0.25, 0.3) is 0 Å². The topological polar surface area (TPSA) is 29.1 Å². The number of carbonyl (C=O) groups is 1. The van der Waals surface area contributed by atoms with Crippen LogP contribution >= 0.6 is 23.2 Å². The molecule has 4 heteroatoms. The fourth-order valence-electron chi connectivity index (χ4n) is 1.51. The Morgan fingerprint density at radius 1 is 1.00 bits per heavy atom. The number of Topliss-reactive ketones (excluding diaryl/α,β-unsaturated/α-hetero) is 1. The van der Waals surface area contributed by atoms with Crippen LogP contribution in [0.15, 0.2) is 48.5 Å². The summed E-state index contributed by atoms with van der Waals surface area (Å²) in [6.07, 6.45) is 0. The van der Waals surface area contributed by atoms with Crippen molar-refractivity contribution in [3.05, 3.63) is 64.1 Å². The molecule has 0 saturated carbocycles. The van der Waals surface area contributed by atoms with Gasteiger partial charge < -0.3 is 5.32 Å². The van der Waals surface area contributed by atoms with E-state index in [1.54, 1.807) is 36.4 Å². The van der Waals surface area contributed by atoms with Crippen molar-refractivity contribution in [2.24, 2.45) is 0 Å². The number of benzene rings is 2. The molecule has 0 fully saturated rings. The Morgan fingerprint density at radius 3 is 2.39 bits per heavy atom. The van der Waals surface area contributed by atoms with Gasteiger partial charge in [-0.15, -0.1) is 0 Å². The first-order valence-corrected chi connectivity index (χ1v) is 6.19. The van der Waals surface area contributed by atoms with Gasteiger partial charge in [0.15, 0.2) is 5.78 Å². The molecule has 92 valence electrons. The van der Waals surface area contributed by atoms with Crippen LogP contribution in [0.2, 0.25) is 10.0 Å². The minimum absolute atomic E-state index is 0.00699. The molecule has 18 heavy (non-hydrogen) atoms. The van der Waals surface area contributed by atoms with Gasteiger partial charge in [-0.1, -0.05) is 35.3 Å². The highest BCUT2D eigenvalue weighted by Gasteiger charge is 2.05. The standard InChI is InChI=1S/C14H11Cl2NO/c15-11-4-6-13(7-5-11)17-9-14(18)10-2-1-3-12(16)8-10/h1-8,17H,9H2. The van der Waals surface area contributed by atoms with E-state index in [1.807, 2.05) is 12.1 Å². The van der Waals surface area contributed by atoms with Gasteiger partial charge in [-0.3, -0.25) is 4.79 Å². The normalized spacial score (nSPS) is 10.1. The zero-order valence-electron chi connectivity index (χ0n) is 9.49. The van der Waals surface area contributed by atoms with Gasteiger partial charge in [-0.05, 0) is 36.4 Å². The number of rotatable bonds is 4. The number of halogens is 2. The predicted octanol–water partition coefficient (Wildman–Crippen LogP) is 4.29. The fraction of sp³-hybridized carbons (Fsp3) is 0.0714. The van der Waals surface area contributed by atoms with E-state index in [0.717, 1.165) is 5.69 Å². The SMILES string of the molecule is O=C(CNc1ccc(Cl)cc1)c1cccc(Cl)c1. The summed E-state index contributed by atoms with van der Waals surface area (Å²) in [5.41, 5.74) is 1.46. The number of hydrogen-bond donors (Lipinski definition) is 1. The molecular formula is C14H11Cl2NO. The lowest BCUT2D eigenvalue weighted by molar-refractivity contribution is 0.101. The maximum Gasteiger partial charge on any atom is 0.181 e.